The molecule has 1 aliphatic carbocycles. The average Bonchev–Trinajstić information content (AvgIpc) is 2.81. The zero-order valence-corrected chi connectivity index (χ0v) is 9.57. The Balaban J connectivity index is 1.82. The number of carbonyl (C=O) groups excluding carboxylic acids is 1. The summed E-state index contributed by atoms with van der Waals surface area (Å²) in [5.74, 6) is 0.387. The number of aromatic nitrogens is 2. The number of carbonyl (C=O) groups is 1. The average molecular weight is 219 g/mol. The Morgan fingerprint density at radius 3 is 2.75 bits per heavy atom. The SMILES string of the molecule is Cc1ccc(CNC(=O)C2CCCC2)nn1. The van der Waals surface area contributed by atoms with Gasteiger partial charge in [0.15, 0.2) is 0 Å². The van der Waals surface area contributed by atoms with E-state index in [4.69, 9.17) is 0 Å². The van der Waals surface area contributed by atoms with Crippen LogP contribution in [0.5, 0.6) is 0 Å². The molecular weight excluding hydrogens is 202 g/mol. The van der Waals surface area contributed by atoms with Crippen LogP contribution in [0.1, 0.15) is 37.1 Å². The Morgan fingerprint density at radius 2 is 2.12 bits per heavy atom. The summed E-state index contributed by atoms with van der Waals surface area (Å²) in [4.78, 5) is 11.7. The number of rotatable bonds is 3. The van der Waals surface area contributed by atoms with Gasteiger partial charge in [-0.3, -0.25) is 4.79 Å². The monoisotopic (exact) mass is 219 g/mol. The molecule has 16 heavy (non-hydrogen) atoms. The second-order valence-corrected chi connectivity index (χ2v) is 4.37. The summed E-state index contributed by atoms with van der Waals surface area (Å²) in [6.07, 6.45) is 4.43. The molecule has 4 heteroatoms. The van der Waals surface area contributed by atoms with Gasteiger partial charge in [-0.15, -0.1) is 0 Å². The highest BCUT2D eigenvalue weighted by atomic mass is 16.1. The number of amides is 1. The van der Waals surface area contributed by atoms with Gasteiger partial charge in [-0.1, -0.05) is 12.8 Å². The van der Waals surface area contributed by atoms with Crippen LogP contribution in [0, 0.1) is 12.8 Å². The van der Waals surface area contributed by atoms with Crippen LogP contribution < -0.4 is 5.32 Å². The van der Waals surface area contributed by atoms with Crippen molar-refractivity contribution in [2.24, 2.45) is 5.92 Å². The van der Waals surface area contributed by atoms with E-state index in [2.05, 4.69) is 15.5 Å². The summed E-state index contributed by atoms with van der Waals surface area (Å²) in [5, 5.41) is 10.9. The lowest BCUT2D eigenvalue weighted by Gasteiger charge is -2.09. The third kappa shape index (κ3) is 2.78. The smallest absolute Gasteiger partial charge is 0.223 e. The van der Waals surface area contributed by atoms with E-state index in [1.807, 2.05) is 19.1 Å². The van der Waals surface area contributed by atoms with Gasteiger partial charge in [0.25, 0.3) is 0 Å². The molecule has 86 valence electrons. The molecule has 0 radical (unpaired) electrons. The number of hydrogen-bond donors (Lipinski definition) is 1. The van der Waals surface area contributed by atoms with Crippen molar-refractivity contribution >= 4 is 5.91 Å². The maximum atomic E-state index is 11.7. The molecule has 0 spiro atoms. The van der Waals surface area contributed by atoms with E-state index >= 15 is 0 Å². The highest BCUT2D eigenvalue weighted by Gasteiger charge is 2.22. The van der Waals surface area contributed by atoms with E-state index in [1.54, 1.807) is 0 Å². The van der Waals surface area contributed by atoms with Crippen molar-refractivity contribution in [3.63, 3.8) is 0 Å². The van der Waals surface area contributed by atoms with Gasteiger partial charge in [-0.05, 0) is 31.9 Å². The van der Waals surface area contributed by atoms with Crippen LogP contribution in [0.15, 0.2) is 12.1 Å². The molecule has 0 aliphatic heterocycles. The molecule has 0 atom stereocenters. The molecule has 0 saturated heterocycles. The molecular formula is C12H17N3O. The first kappa shape index (κ1) is 11.0. The van der Waals surface area contributed by atoms with Crippen LogP contribution in [-0.2, 0) is 11.3 Å². The molecule has 0 bridgehead atoms. The maximum Gasteiger partial charge on any atom is 0.223 e. The van der Waals surface area contributed by atoms with Gasteiger partial charge in [0.2, 0.25) is 5.91 Å². The molecule has 1 N–H and O–H groups in total. The molecule has 1 aromatic rings. The van der Waals surface area contributed by atoms with E-state index < -0.39 is 0 Å². The first-order valence-corrected chi connectivity index (χ1v) is 5.82. The minimum atomic E-state index is 0.167. The fraction of sp³-hybridized carbons (Fsp3) is 0.583. The fourth-order valence-corrected chi connectivity index (χ4v) is 2.03. The molecule has 0 unspecified atom stereocenters. The van der Waals surface area contributed by atoms with Crippen LogP contribution in [-0.4, -0.2) is 16.1 Å². The number of nitrogens with zero attached hydrogens (tertiary/aromatic N) is 2. The first-order valence-electron chi connectivity index (χ1n) is 5.82. The van der Waals surface area contributed by atoms with Crippen LogP contribution in [0.3, 0.4) is 0 Å². The van der Waals surface area contributed by atoms with Gasteiger partial charge in [-0.25, -0.2) is 0 Å². The summed E-state index contributed by atoms with van der Waals surface area (Å²) in [7, 11) is 0. The van der Waals surface area contributed by atoms with E-state index in [-0.39, 0.29) is 11.8 Å². The minimum absolute atomic E-state index is 0.167. The molecule has 0 aromatic carbocycles. The normalized spacial score (nSPS) is 16.3. The molecule has 1 aliphatic rings. The van der Waals surface area contributed by atoms with Gasteiger partial charge in [-0.2, -0.15) is 10.2 Å². The van der Waals surface area contributed by atoms with Crippen LogP contribution in [0.4, 0.5) is 0 Å². The summed E-state index contributed by atoms with van der Waals surface area (Å²) in [5.41, 5.74) is 1.71. The van der Waals surface area contributed by atoms with E-state index in [9.17, 15) is 4.79 Å². The van der Waals surface area contributed by atoms with Crippen molar-refractivity contribution < 1.29 is 4.79 Å². The Morgan fingerprint density at radius 1 is 1.38 bits per heavy atom. The fourth-order valence-electron chi connectivity index (χ4n) is 2.03. The zero-order valence-electron chi connectivity index (χ0n) is 9.57. The number of aryl methyl sites for hydroxylation is 1. The van der Waals surface area contributed by atoms with Gasteiger partial charge in [0.1, 0.15) is 0 Å². The highest BCUT2D eigenvalue weighted by molar-refractivity contribution is 5.78. The molecule has 1 amide bonds. The molecule has 1 saturated carbocycles. The molecule has 1 fully saturated rings. The quantitative estimate of drug-likeness (QED) is 0.840. The maximum absolute atomic E-state index is 11.7. The minimum Gasteiger partial charge on any atom is -0.350 e. The second kappa shape index (κ2) is 5.05. The molecule has 4 nitrogen and oxygen atoms in total. The highest BCUT2D eigenvalue weighted by Crippen LogP contribution is 2.24. The molecule has 2 rings (SSSR count). The first-order chi connectivity index (χ1) is 7.75. The second-order valence-electron chi connectivity index (χ2n) is 4.37. The van der Waals surface area contributed by atoms with Crippen LogP contribution >= 0.6 is 0 Å². The van der Waals surface area contributed by atoms with Gasteiger partial charge in [0.05, 0.1) is 17.9 Å². The molecule has 1 heterocycles. The van der Waals surface area contributed by atoms with Crippen LogP contribution in [0.25, 0.3) is 0 Å². The largest absolute Gasteiger partial charge is 0.350 e. The Hall–Kier alpha value is -1.45. The summed E-state index contributed by atoms with van der Waals surface area (Å²) in [6, 6.07) is 3.81. The summed E-state index contributed by atoms with van der Waals surface area (Å²) < 4.78 is 0. The standard InChI is InChI=1S/C12H17N3O/c1-9-6-7-11(15-14-9)8-13-12(16)10-4-2-3-5-10/h6-7,10H,2-5,8H2,1H3,(H,13,16). The van der Waals surface area contributed by atoms with Crippen molar-refractivity contribution in [2.75, 3.05) is 0 Å². The van der Waals surface area contributed by atoms with Crippen molar-refractivity contribution in [1.29, 1.82) is 0 Å². The Bertz CT molecular complexity index is 355. The van der Waals surface area contributed by atoms with E-state index in [0.29, 0.717) is 6.54 Å². The van der Waals surface area contributed by atoms with Gasteiger partial charge >= 0.3 is 0 Å². The third-order valence-electron chi connectivity index (χ3n) is 3.02. The van der Waals surface area contributed by atoms with Crippen LogP contribution in [0.2, 0.25) is 0 Å². The zero-order chi connectivity index (χ0) is 11.4. The lowest BCUT2D eigenvalue weighted by molar-refractivity contribution is -0.124. The summed E-state index contributed by atoms with van der Waals surface area (Å²) in [6.45, 7) is 2.39. The number of nitrogens with one attached hydrogen (secondary N) is 1. The topological polar surface area (TPSA) is 54.9 Å². The lowest BCUT2D eigenvalue weighted by atomic mass is 10.1. The van der Waals surface area contributed by atoms with Crippen molar-refractivity contribution in [2.45, 2.75) is 39.2 Å². The Kier molecular flexibility index (Phi) is 3.49. The van der Waals surface area contributed by atoms with Gasteiger partial charge in [0, 0.05) is 5.92 Å². The van der Waals surface area contributed by atoms with E-state index in [1.165, 1.54) is 12.8 Å². The predicted molar refractivity (Wildman–Crippen MR) is 60.6 cm³/mol. The van der Waals surface area contributed by atoms with E-state index in [0.717, 1.165) is 24.2 Å². The summed E-state index contributed by atoms with van der Waals surface area (Å²) >= 11 is 0. The van der Waals surface area contributed by atoms with Crippen molar-refractivity contribution in [3.8, 4) is 0 Å². The lowest BCUT2D eigenvalue weighted by Crippen LogP contribution is -2.29. The third-order valence-corrected chi connectivity index (χ3v) is 3.02. The van der Waals surface area contributed by atoms with Crippen molar-refractivity contribution in [3.05, 3.63) is 23.5 Å². The Labute approximate surface area is 95.5 Å². The predicted octanol–water partition coefficient (Wildman–Crippen LogP) is 1.59. The number of hydrogen-bond acceptors (Lipinski definition) is 3. The van der Waals surface area contributed by atoms with Crippen molar-refractivity contribution in [1.82, 2.24) is 15.5 Å². The van der Waals surface area contributed by atoms with Gasteiger partial charge < -0.3 is 5.32 Å². The molecule has 1 aromatic heterocycles.